The first kappa shape index (κ1) is 11.8. The maximum absolute atomic E-state index is 8.76. The number of ether oxygens (including phenoxy) is 1. The van der Waals surface area contributed by atoms with Gasteiger partial charge in [-0.05, 0) is 36.5 Å². The van der Waals surface area contributed by atoms with Gasteiger partial charge in [-0.1, -0.05) is 0 Å². The van der Waals surface area contributed by atoms with Gasteiger partial charge < -0.3 is 15.0 Å². The quantitative estimate of drug-likeness (QED) is 0.821. The van der Waals surface area contributed by atoms with Crippen LogP contribution in [0.3, 0.4) is 0 Å². The zero-order valence-electron chi connectivity index (χ0n) is 9.93. The molecule has 1 aromatic heterocycles. The van der Waals surface area contributed by atoms with Crippen molar-refractivity contribution in [1.82, 2.24) is 9.97 Å². The molecule has 2 heterocycles. The second-order valence-corrected chi connectivity index (χ2v) is 4.54. The van der Waals surface area contributed by atoms with E-state index in [1.807, 2.05) is 12.1 Å². The predicted octanol–water partition coefficient (Wildman–Crippen LogP) is 2.78. The standard InChI is InChI=1S/C13H10N4OS/c14-5-8-1-3-9(4-2-8)15-12-10-6-18-7-11(10)16-13(19)17-12/h1-4H,6-7H2,(H2,15,16,17,19). The number of H-pyrrole nitrogens is 1. The first-order valence-corrected chi connectivity index (χ1v) is 6.14. The van der Waals surface area contributed by atoms with Gasteiger partial charge in [-0.3, -0.25) is 0 Å². The average Bonchev–Trinajstić information content (AvgIpc) is 2.88. The highest BCUT2D eigenvalue weighted by Gasteiger charge is 2.17. The van der Waals surface area contributed by atoms with Crippen molar-refractivity contribution >= 4 is 23.7 Å². The Morgan fingerprint density at radius 3 is 2.84 bits per heavy atom. The van der Waals surface area contributed by atoms with Crippen LogP contribution < -0.4 is 5.32 Å². The number of nitriles is 1. The maximum Gasteiger partial charge on any atom is 0.199 e. The number of hydrogen-bond acceptors (Lipinski definition) is 5. The van der Waals surface area contributed by atoms with Crippen LogP contribution in [-0.2, 0) is 18.0 Å². The second kappa shape index (κ2) is 4.80. The summed E-state index contributed by atoms with van der Waals surface area (Å²) in [5.41, 5.74) is 3.45. The van der Waals surface area contributed by atoms with Crippen molar-refractivity contribution in [3.8, 4) is 6.07 Å². The van der Waals surface area contributed by atoms with Crippen molar-refractivity contribution in [3.63, 3.8) is 0 Å². The number of anilines is 2. The fourth-order valence-electron chi connectivity index (χ4n) is 1.95. The predicted molar refractivity (Wildman–Crippen MR) is 72.4 cm³/mol. The molecule has 0 fully saturated rings. The number of benzene rings is 1. The fourth-order valence-corrected chi connectivity index (χ4v) is 2.16. The lowest BCUT2D eigenvalue weighted by atomic mass is 10.2. The number of nitrogens with one attached hydrogen (secondary N) is 2. The van der Waals surface area contributed by atoms with Crippen molar-refractivity contribution in [1.29, 1.82) is 5.26 Å². The van der Waals surface area contributed by atoms with Gasteiger partial charge in [0.2, 0.25) is 0 Å². The highest BCUT2D eigenvalue weighted by molar-refractivity contribution is 7.71. The van der Waals surface area contributed by atoms with E-state index in [-0.39, 0.29) is 0 Å². The Hall–Kier alpha value is -2.23. The van der Waals surface area contributed by atoms with Crippen LogP contribution >= 0.6 is 12.2 Å². The fraction of sp³-hybridized carbons (Fsp3) is 0.154. The summed E-state index contributed by atoms with van der Waals surface area (Å²) in [5.74, 6) is 0.709. The topological polar surface area (TPSA) is 73.7 Å². The van der Waals surface area contributed by atoms with Crippen LogP contribution in [0.4, 0.5) is 11.5 Å². The molecule has 0 atom stereocenters. The van der Waals surface area contributed by atoms with Gasteiger partial charge in [0.25, 0.3) is 0 Å². The summed E-state index contributed by atoms with van der Waals surface area (Å²) in [6, 6.07) is 9.26. The molecule has 94 valence electrons. The molecule has 2 N–H and O–H groups in total. The molecule has 1 aliphatic rings. The molecule has 0 amide bonds. The van der Waals surface area contributed by atoms with Crippen LogP contribution in [0, 0.1) is 16.1 Å². The van der Waals surface area contributed by atoms with Crippen LogP contribution in [0.25, 0.3) is 0 Å². The molecule has 1 aromatic carbocycles. The number of aromatic nitrogens is 2. The third-order valence-electron chi connectivity index (χ3n) is 2.89. The second-order valence-electron chi connectivity index (χ2n) is 4.15. The van der Waals surface area contributed by atoms with Crippen molar-refractivity contribution < 1.29 is 4.74 Å². The Labute approximate surface area is 114 Å². The van der Waals surface area contributed by atoms with Crippen molar-refractivity contribution in [2.24, 2.45) is 0 Å². The largest absolute Gasteiger partial charge is 0.370 e. The summed E-state index contributed by atoms with van der Waals surface area (Å²) in [5, 5.41) is 12.0. The molecule has 3 rings (SSSR count). The molecular weight excluding hydrogens is 260 g/mol. The third kappa shape index (κ3) is 2.34. The van der Waals surface area contributed by atoms with E-state index in [2.05, 4.69) is 21.4 Å². The van der Waals surface area contributed by atoms with Gasteiger partial charge in [-0.15, -0.1) is 0 Å². The molecule has 1 aliphatic heterocycles. The van der Waals surface area contributed by atoms with Gasteiger partial charge in [-0.2, -0.15) is 5.26 Å². The van der Waals surface area contributed by atoms with Gasteiger partial charge in [-0.25, -0.2) is 4.98 Å². The van der Waals surface area contributed by atoms with Crippen LogP contribution in [0.15, 0.2) is 24.3 Å². The van der Waals surface area contributed by atoms with Gasteiger partial charge in [0.15, 0.2) is 4.77 Å². The molecule has 0 bridgehead atoms. The van der Waals surface area contributed by atoms with Gasteiger partial charge in [0.05, 0.1) is 30.5 Å². The molecule has 5 nitrogen and oxygen atoms in total. The van der Waals surface area contributed by atoms with Gasteiger partial charge in [0, 0.05) is 11.3 Å². The number of aromatic amines is 1. The normalized spacial score (nSPS) is 12.8. The SMILES string of the molecule is N#Cc1ccc(Nc2nc(=S)[nH]c3c2COC3)cc1. The lowest BCUT2D eigenvalue weighted by Gasteiger charge is -2.09. The Morgan fingerprint density at radius 1 is 1.32 bits per heavy atom. The minimum Gasteiger partial charge on any atom is -0.370 e. The van der Waals surface area contributed by atoms with Crippen LogP contribution in [0.5, 0.6) is 0 Å². The van der Waals surface area contributed by atoms with E-state index in [4.69, 9.17) is 22.2 Å². The zero-order chi connectivity index (χ0) is 13.2. The highest BCUT2D eigenvalue weighted by atomic mass is 32.1. The first-order valence-electron chi connectivity index (χ1n) is 5.73. The molecule has 0 aliphatic carbocycles. The molecule has 0 spiro atoms. The molecule has 0 saturated heterocycles. The third-order valence-corrected chi connectivity index (χ3v) is 3.08. The smallest absolute Gasteiger partial charge is 0.199 e. The van der Waals surface area contributed by atoms with Crippen molar-refractivity contribution in [2.45, 2.75) is 13.2 Å². The van der Waals surface area contributed by atoms with E-state index in [0.717, 1.165) is 16.9 Å². The van der Waals surface area contributed by atoms with Gasteiger partial charge >= 0.3 is 0 Å². The summed E-state index contributed by atoms with van der Waals surface area (Å²) in [7, 11) is 0. The zero-order valence-corrected chi connectivity index (χ0v) is 10.8. The van der Waals surface area contributed by atoms with Crippen LogP contribution in [-0.4, -0.2) is 9.97 Å². The molecule has 0 radical (unpaired) electrons. The van der Waals surface area contributed by atoms with E-state index in [0.29, 0.717) is 29.4 Å². The maximum atomic E-state index is 8.76. The summed E-state index contributed by atoms with van der Waals surface area (Å²) < 4.78 is 5.82. The molecular formula is C13H10N4OS. The van der Waals surface area contributed by atoms with Gasteiger partial charge in [0.1, 0.15) is 5.82 Å². The van der Waals surface area contributed by atoms with E-state index in [1.54, 1.807) is 12.1 Å². The molecule has 19 heavy (non-hydrogen) atoms. The lowest BCUT2D eigenvalue weighted by Crippen LogP contribution is -2.01. The first-order chi connectivity index (χ1) is 9.26. The lowest BCUT2D eigenvalue weighted by molar-refractivity contribution is 0.133. The summed E-state index contributed by atoms with van der Waals surface area (Å²) in [4.78, 5) is 7.31. The summed E-state index contributed by atoms with van der Waals surface area (Å²) >= 11 is 5.09. The monoisotopic (exact) mass is 270 g/mol. The van der Waals surface area contributed by atoms with Crippen molar-refractivity contribution in [3.05, 3.63) is 45.9 Å². The Kier molecular flexibility index (Phi) is 2.99. The molecule has 6 heteroatoms. The minimum absolute atomic E-state index is 0.431. The van der Waals surface area contributed by atoms with E-state index < -0.39 is 0 Å². The van der Waals surface area contributed by atoms with E-state index in [1.165, 1.54) is 0 Å². The highest BCUT2D eigenvalue weighted by Crippen LogP contribution is 2.26. The number of hydrogen-bond donors (Lipinski definition) is 2. The Morgan fingerprint density at radius 2 is 2.11 bits per heavy atom. The number of rotatable bonds is 2. The molecule has 0 unspecified atom stereocenters. The molecule has 0 saturated carbocycles. The molecule has 2 aromatic rings. The van der Waals surface area contributed by atoms with Crippen molar-refractivity contribution in [2.75, 3.05) is 5.32 Å². The summed E-state index contributed by atoms with van der Waals surface area (Å²) in [6.07, 6.45) is 0. The minimum atomic E-state index is 0.431. The van der Waals surface area contributed by atoms with Crippen LogP contribution in [0.2, 0.25) is 0 Å². The Balaban J connectivity index is 1.95. The van der Waals surface area contributed by atoms with Crippen LogP contribution in [0.1, 0.15) is 16.8 Å². The van der Waals surface area contributed by atoms with E-state index >= 15 is 0 Å². The Bertz CT molecular complexity index is 715. The van der Waals surface area contributed by atoms with E-state index in [9.17, 15) is 0 Å². The average molecular weight is 270 g/mol. The number of fused-ring (bicyclic) bond motifs is 1. The number of nitrogens with zero attached hydrogens (tertiary/aromatic N) is 2. The summed E-state index contributed by atoms with van der Waals surface area (Å²) in [6.45, 7) is 1.05.